The monoisotopic (exact) mass is 269 g/mol. The van der Waals surface area contributed by atoms with E-state index in [4.69, 9.17) is 9.47 Å². The van der Waals surface area contributed by atoms with Gasteiger partial charge in [0.1, 0.15) is 5.75 Å². The number of nitrogens with one attached hydrogen (secondary N) is 1. The van der Waals surface area contributed by atoms with Gasteiger partial charge in [0.15, 0.2) is 6.23 Å². The molecule has 1 aliphatic heterocycles. The van der Waals surface area contributed by atoms with Crippen molar-refractivity contribution in [3.8, 4) is 23.0 Å². The largest absolute Gasteiger partial charge is 0.470 e. The Kier molecular flexibility index (Phi) is 2.60. The minimum atomic E-state index is -0.182. The third-order valence-corrected chi connectivity index (χ3v) is 3.61. The topological polar surface area (TPSA) is 56.3 Å². The second-order valence-electron chi connectivity index (χ2n) is 5.10. The van der Waals surface area contributed by atoms with Crippen LogP contribution in [0.1, 0.15) is 24.6 Å². The molecule has 1 aliphatic carbocycles. The Morgan fingerprint density at radius 1 is 1.30 bits per heavy atom. The lowest BCUT2D eigenvalue weighted by Crippen LogP contribution is -2.31. The molecule has 102 valence electrons. The molecule has 1 fully saturated rings. The number of hydrogen-bond donors (Lipinski definition) is 1. The van der Waals surface area contributed by atoms with Gasteiger partial charge in [-0.15, -0.1) is 0 Å². The number of hydrogen-bond acceptors (Lipinski definition) is 5. The summed E-state index contributed by atoms with van der Waals surface area (Å²) in [5.74, 6) is 0.846. The van der Waals surface area contributed by atoms with Crippen molar-refractivity contribution in [1.82, 2.24) is 15.3 Å². The van der Waals surface area contributed by atoms with Gasteiger partial charge in [-0.05, 0) is 25.0 Å². The van der Waals surface area contributed by atoms with Crippen LogP contribution in [-0.2, 0) is 0 Å². The third kappa shape index (κ3) is 1.91. The van der Waals surface area contributed by atoms with Gasteiger partial charge in [0.25, 0.3) is 0 Å². The average Bonchev–Trinajstić information content (AvgIpc) is 3.31. The highest BCUT2D eigenvalue weighted by atomic mass is 16.5. The van der Waals surface area contributed by atoms with Gasteiger partial charge in [-0.2, -0.15) is 4.98 Å². The van der Waals surface area contributed by atoms with Crippen LogP contribution >= 0.6 is 0 Å². The summed E-state index contributed by atoms with van der Waals surface area (Å²) in [5.41, 5.74) is 2.84. The molecule has 2 aliphatic rings. The summed E-state index contributed by atoms with van der Waals surface area (Å²) in [6.45, 7) is 0. The predicted molar refractivity (Wildman–Crippen MR) is 73.5 cm³/mol. The summed E-state index contributed by atoms with van der Waals surface area (Å²) in [4.78, 5) is 8.71. The molecule has 1 aromatic carbocycles. The van der Waals surface area contributed by atoms with Gasteiger partial charge in [0, 0.05) is 17.8 Å². The summed E-state index contributed by atoms with van der Waals surface area (Å²) >= 11 is 0. The van der Waals surface area contributed by atoms with E-state index in [2.05, 4.69) is 15.3 Å². The molecule has 1 unspecified atom stereocenters. The van der Waals surface area contributed by atoms with Crippen LogP contribution in [0.2, 0.25) is 0 Å². The Morgan fingerprint density at radius 3 is 2.95 bits per heavy atom. The van der Waals surface area contributed by atoms with Crippen LogP contribution in [0, 0.1) is 0 Å². The van der Waals surface area contributed by atoms with Gasteiger partial charge < -0.3 is 9.47 Å². The van der Waals surface area contributed by atoms with E-state index in [9.17, 15) is 0 Å². The number of nitrogens with zero attached hydrogens (tertiary/aromatic N) is 2. The number of rotatable bonds is 3. The molecule has 0 amide bonds. The molecule has 2 heterocycles. The molecule has 5 heteroatoms. The molecule has 0 saturated heterocycles. The minimum Gasteiger partial charge on any atom is -0.470 e. The Hall–Kier alpha value is -2.14. The predicted octanol–water partition coefficient (Wildman–Crippen LogP) is 2.30. The first kappa shape index (κ1) is 11.7. The van der Waals surface area contributed by atoms with Crippen LogP contribution in [0.4, 0.5) is 0 Å². The molecule has 4 rings (SSSR count). The molecule has 1 N–H and O–H groups in total. The van der Waals surface area contributed by atoms with E-state index in [-0.39, 0.29) is 6.23 Å². The number of methoxy groups -OCH3 is 1. The molecule has 0 spiro atoms. The quantitative estimate of drug-likeness (QED) is 0.926. The number of fused-ring (bicyclic) bond motifs is 3. The standard InChI is InChI=1S/C15H15N3O2/c1-19-15-16-8-11-13(18-15)10-4-2-3-5-12(10)20-14(11)17-9-6-7-9/h2-5,8-9,14,17H,6-7H2,1H3. The van der Waals surface area contributed by atoms with E-state index >= 15 is 0 Å². The molecular formula is C15H15N3O2. The lowest BCUT2D eigenvalue weighted by molar-refractivity contribution is 0.159. The fraction of sp³-hybridized carbons (Fsp3) is 0.333. The second kappa shape index (κ2) is 4.45. The third-order valence-electron chi connectivity index (χ3n) is 3.61. The lowest BCUT2D eigenvalue weighted by Gasteiger charge is -2.28. The van der Waals surface area contributed by atoms with Crippen LogP contribution in [0.3, 0.4) is 0 Å². The molecule has 1 atom stereocenters. The van der Waals surface area contributed by atoms with Crippen molar-refractivity contribution in [2.45, 2.75) is 25.1 Å². The van der Waals surface area contributed by atoms with Crippen molar-refractivity contribution in [3.63, 3.8) is 0 Å². The molecule has 1 aromatic heterocycles. The van der Waals surface area contributed by atoms with Crippen LogP contribution in [-0.4, -0.2) is 23.1 Å². The smallest absolute Gasteiger partial charge is 0.316 e. The summed E-state index contributed by atoms with van der Waals surface area (Å²) in [5, 5.41) is 3.48. The first-order chi connectivity index (χ1) is 9.85. The number of benzene rings is 1. The fourth-order valence-corrected chi connectivity index (χ4v) is 2.42. The van der Waals surface area contributed by atoms with Gasteiger partial charge in [-0.25, -0.2) is 4.98 Å². The van der Waals surface area contributed by atoms with Crippen LogP contribution < -0.4 is 14.8 Å². The lowest BCUT2D eigenvalue weighted by atomic mass is 10.0. The first-order valence-corrected chi connectivity index (χ1v) is 6.78. The highest BCUT2D eigenvalue weighted by Gasteiger charge is 2.32. The molecule has 1 saturated carbocycles. The first-order valence-electron chi connectivity index (χ1n) is 6.78. The average molecular weight is 269 g/mol. The van der Waals surface area contributed by atoms with Crippen LogP contribution in [0.25, 0.3) is 11.3 Å². The van der Waals surface area contributed by atoms with Crippen LogP contribution in [0.15, 0.2) is 30.5 Å². The summed E-state index contributed by atoms with van der Waals surface area (Å²) < 4.78 is 11.2. The normalized spacial score (nSPS) is 19.8. The maximum absolute atomic E-state index is 6.05. The maximum Gasteiger partial charge on any atom is 0.316 e. The van der Waals surface area contributed by atoms with Gasteiger partial charge in [0.2, 0.25) is 0 Å². The number of para-hydroxylation sites is 1. The van der Waals surface area contributed by atoms with Crippen molar-refractivity contribution in [3.05, 3.63) is 36.0 Å². The summed E-state index contributed by atoms with van der Waals surface area (Å²) in [7, 11) is 1.58. The Morgan fingerprint density at radius 2 is 2.15 bits per heavy atom. The van der Waals surface area contributed by atoms with Crippen molar-refractivity contribution in [1.29, 1.82) is 0 Å². The molecule has 0 radical (unpaired) electrons. The van der Waals surface area contributed by atoms with E-state index in [0.29, 0.717) is 12.1 Å². The van der Waals surface area contributed by atoms with E-state index in [1.807, 2.05) is 24.3 Å². The zero-order valence-electron chi connectivity index (χ0n) is 11.2. The molecular weight excluding hydrogens is 254 g/mol. The zero-order valence-corrected chi connectivity index (χ0v) is 11.2. The zero-order chi connectivity index (χ0) is 13.5. The highest BCUT2D eigenvalue weighted by Crippen LogP contribution is 2.41. The van der Waals surface area contributed by atoms with E-state index in [1.54, 1.807) is 13.3 Å². The van der Waals surface area contributed by atoms with E-state index in [1.165, 1.54) is 12.8 Å². The van der Waals surface area contributed by atoms with Crippen molar-refractivity contribution in [2.75, 3.05) is 7.11 Å². The molecule has 0 bridgehead atoms. The Bertz CT molecular complexity index is 655. The summed E-state index contributed by atoms with van der Waals surface area (Å²) in [6, 6.07) is 8.85. The van der Waals surface area contributed by atoms with Gasteiger partial charge >= 0.3 is 6.01 Å². The molecule has 20 heavy (non-hydrogen) atoms. The van der Waals surface area contributed by atoms with Crippen LogP contribution in [0.5, 0.6) is 11.8 Å². The molecule has 5 nitrogen and oxygen atoms in total. The Labute approximate surface area is 117 Å². The summed E-state index contributed by atoms with van der Waals surface area (Å²) in [6.07, 6.45) is 4.01. The van der Waals surface area contributed by atoms with E-state index in [0.717, 1.165) is 22.6 Å². The SMILES string of the molecule is COc1ncc2c(n1)-c1ccccc1OC2NC1CC1. The maximum atomic E-state index is 6.05. The van der Waals surface area contributed by atoms with Gasteiger partial charge in [-0.1, -0.05) is 12.1 Å². The second-order valence-corrected chi connectivity index (χ2v) is 5.10. The van der Waals surface area contributed by atoms with Crippen molar-refractivity contribution < 1.29 is 9.47 Å². The van der Waals surface area contributed by atoms with Gasteiger partial charge in [0.05, 0.1) is 18.4 Å². The van der Waals surface area contributed by atoms with Crippen molar-refractivity contribution >= 4 is 0 Å². The van der Waals surface area contributed by atoms with Crippen molar-refractivity contribution in [2.24, 2.45) is 0 Å². The minimum absolute atomic E-state index is 0.182. The molecule has 2 aromatic rings. The number of ether oxygens (including phenoxy) is 2. The number of aromatic nitrogens is 2. The Balaban J connectivity index is 1.83. The fourth-order valence-electron chi connectivity index (χ4n) is 2.42. The van der Waals surface area contributed by atoms with Gasteiger partial charge in [-0.3, -0.25) is 5.32 Å². The van der Waals surface area contributed by atoms with E-state index < -0.39 is 0 Å². The highest BCUT2D eigenvalue weighted by molar-refractivity contribution is 5.72.